The number of methoxy groups -OCH3 is 1. The number of benzene rings is 3. The van der Waals surface area contributed by atoms with E-state index in [1.54, 1.807) is 0 Å². The highest BCUT2D eigenvalue weighted by atomic mass is 32.3. The molecule has 0 spiro atoms. The largest absolute Gasteiger partial charge is 0.496 e. The van der Waals surface area contributed by atoms with Crippen LogP contribution in [0.4, 0.5) is 57.1 Å². The molecule has 0 fully saturated rings. The van der Waals surface area contributed by atoms with E-state index in [2.05, 4.69) is 0 Å². The summed E-state index contributed by atoms with van der Waals surface area (Å²) in [6.45, 7) is 2.77. The topological polar surface area (TPSA) is 52.6 Å². The Kier molecular flexibility index (Phi) is 9.56. The van der Waals surface area contributed by atoms with Crippen molar-refractivity contribution in [3.05, 3.63) is 83.9 Å². The zero-order valence-corrected chi connectivity index (χ0v) is 24.9. The molecule has 0 aliphatic heterocycles. The van der Waals surface area contributed by atoms with Crippen LogP contribution in [-0.2, 0) is 13.7 Å². The van der Waals surface area contributed by atoms with Crippen molar-refractivity contribution in [1.82, 2.24) is 0 Å². The van der Waals surface area contributed by atoms with Crippen LogP contribution in [0.25, 0.3) is 0 Å². The molecule has 3 aromatic rings. The minimum atomic E-state index is -8.34. The fraction of sp³-hybridized carbons (Fsp3) is 0.333. The second-order valence-corrected chi connectivity index (χ2v) is 14.1. The summed E-state index contributed by atoms with van der Waals surface area (Å²) >= 11 is 0. The van der Waals surface area contributed by atoms with E-state index in [9.17, 15) is 56.7 Å². The lowest BCUT2D eigenvalue weighted by Crippen LogP contribution is -2.71. The molecule has 0 unspecified atom stereocenters. The van der Waals surface area contributed by atoms with E-state index in [-0.39, 0.29) is 31.6 Å². The first-order valence-corrected chi connectivity index (χ1v) is 15.2. The van der Waals surface area contributed by atoms with Gasteiger partial charge in [0, 0.05) is 14.7 Å². The van der Waals surface area contributed by atoms with E-state index in [1.165, 1.54) is 57.4 Å². The van der Waals surface area contributed by atoms with Crippen molar-refractivity contribution in [2.24, 2.45) is 0 Å². The lowest BCUT2D eigenvalue weighted by molar-refractivity contribution is -0.433. The van der Waals surface area contributed by atoms with Crippen molar-refractivity contribution < 1.29 is 73.9 Å². The van der Waals surface area contributed by atoms with Crippen LogP contribution in [0.1, 0.15) is 11.1 Å². The average Bonchev–Trinajstić information content (AvgIpc) is 2.95. The Morgan fingerprint density at radius 1 is 0.543 bits per heavy atom. The molecule has 0 bridgehead atoms. The molecule has 0 saturated heterocycles. The Labute approximate surface area is 254 Å². The molecular formula is C27H21F13O4S2. The summed E-state index contributed by atoms with van der Waals surface area (Å²) in [7, 11) is -10.8. The van der Waals surface area contributed by atoms with Gasteiger partial charge in [0.2, 0.25) is 0 Å². The van der Waals surface area contributed by atoms with Crippen LogP contribution in [-0.4, -0.2) is 50.6 Å². The minimum Gasteiger partial charge on any atom is -0.496 e. The summed E-state index contributed by atoms with van der Waals surface area (Å²) in [5.74, 6) is -32.6. The predicted molar refractivity (Wildman–Crippen MR) is 139 cm³/mol. The van der Waals surface area contributed by atoms with Gasteiger partial charge in [0.25, 0.3) is 0 Å². The van der Waals surface area contributed by atoms with Crippen molar-refractivity contribution >= 4 is 20.4 Å². The first kappa shape index (κ1) is 37.3. The molecule has 0 atom stereocenters. The predicted octanol–water partition coefficient (Wildman–Crippen LogP) is 9.55. The number of rotatable bonds is 11. The molecule has 0 saturated carbocycles. The van der Waals surface area contributed by atoms with Gasteiger partial charge in [0.1, 0.15) is 5.75 Å². The molecule has 46 heavy (non-hydrogen) atoms. The second kappa shape index (κ2) is 11.8. The third-order valence-corrected chi connectivity index (χ3v) is 11.7. The first-order valence-electron chi connectivity index (χ1n) is 12.3. The van der Waals surface area contributed by atoms with Gasteiger partial charge in [-0.05, 0) is 71.7 Å². The van der Waals surface area contributed by atoms with Gasteiger partial charge in [0.15, 0.2) is 0 Å². The Morgan fingerprint density at radius 2 is 0.913 bits per heavy atom. The smallest absolute Gasteiger partial charge is 0.460 e. The molecule has 4 nitrogen and oxygen atoms in total. The fourth-order valence-electron chi connectivity index (χ4n) is 4.24. The maximum absolute atomic E-state index is 15.2. The van der Waals surface area contributed by atoms with Crippen molar-refractivity contribution in [2.45, 2.75) is 63.7 Å². The molecule has 0 aliphatic carbocycles. The number of hydrogen-bond acceptors (Lipinski definition) is 4. The minimum absolute atomic E-state index is 0.172. The highest BCUT2D eigenvalue weighted by Gasteiger charge is 2.93. The van der Waals surface area contributed by atoms with E-state index in [0.29, 0.717) is 0 Å². The quantitative estimate of drug-likeness (QED) is 0.185. The van der Waals surface area contributed by atoms with E-state index in [0.717, 1.165) is 36.4 Å². The summed E-state index contributed by atoms with van der Waals surface area (Å²) in [5.41, 5.74) is 0.361. The van der Waals surface area contributed by atoms with Crippen LogP contribution in [0.5, 0.6) is 5.75 Å². The molecular weight excluding hydrogens is 699 g/mol. The Morgan fingerprint density at radius 3 is 1.26 bits per heavy atom. The molecule has 0 N–H and O–H groups in total. The summed E-state index contributed by atoms with van der Waals surface area (Å²) in [6, 6.07) is 14.0. The number of aryl methyl sites for hydroxylation is 2. The summed E-state index contributed by atoms with van der Waals surface area (Å²) in [4.78, 5) is -1.11. The number of hydrogen-bond donors (Lipinski definition) is 0. The summed E-state index contributed by atoms with van der Waals surface area (Å²) in [5, 5.41) is -7.56. The normalized spacial score (nSPS) is 14.7. The molecule has 0 aliphatic rings. The van der Waals surface area contributed by atoms with Crippen LogP contribution in [0.3, 0.4) is 0 Å². The summed E-state index contributed by atoms with van der Waals surface area (Å²) in [6.07, 6.45) is -7.66. The number of alkyl halides is 13. The molecule has 0 aromatic heterocycles. The second-order valence-electron chi connectivity index (χ2n) is 9.61. The summed E-state index contributed by atoms with van der Waals surface area (Å²) < 4.78 is 217. The monoisotopic (exact) mass is 720 g/mol. The third-order valence-electron chi connectivity index (χ3n) is 6.53. The molecule has 3 rings (SSSR count). The fourth-order valence-corrected chi connectivity index (χ4v) is 9.62. The maximum Gasteiger partial charge on any atom is 0.460 e. The van der Waals surface area contributed by atoms with Gasteiger partial charge in [-0.1, -0.05) is 36.4 Å². The van der Waals surface area contributed by atoms with E-state index in [4.69, 9.17) is 8.37 Å². The van der Waals surface area contributed by atoms with Gasteiger partial charge < -0.3 is 4.74 Å². The lowest BCUT2D eigenvalue weighted by atomic mass is 9.98. The zero-order valence-electron chi connectivity index (χ0n) is 23.3. The molecule has 0 heterocycles. The van der Waals surface area contributed by atoms with Crippen molar-refractivity contribution in [3.8, 4) is 5.75 Å². The van der Waals surface area contributed by atoms with Crippen LogP contribution >= 0.6 is 10.3 Å². The Hall–Kier alpha value is -3.19. The van der Waals surface area contributed by atoms with Gasteiger partial charge in [-0.3, -0.25) is 0 Å². The van der Waals surface area contributed by atoms with Crippen molar-refractivity contribution in [3.63, 3.8) is 0 Å². The van der Waals surface area contributed by atoms with Crippen LogP contribution in [0, 0.1) is 13.8 Å². The van der Waals surface area contributed by atoms with Gasteiger partial charge in [-0.15, -0.1) is 0 Å². The standard InChI is InChI=1S/C27H21F13O4S2/c1-16-14-20(15-17(2)21(16)43-3)45(18-10-6-4-7-11-18,19-12-8-5-9-13-19)44-46(41,42)27(39,40)25(34,35)23(30,31)22(28,29)24(32,33)26(36,37)38/h4-15H,1-3H3. The highest BCUT2D eigenvalue weighted by molar-refractivity contribution is 8.33. The SMILES string of the molecule is COc1c(C)cc(S(OS(=O)(=O)C(F)(F)C(F)(F)C(F)(F)C(F)(F)C(F)(F)C(F)(F)F)(c2ccccc2)c2ccccc2)cc1C. The van der Waals surface area contributed by atoms with E-state index in [1.807, 2.05) is 0 Å². The molecule has 3 aromatic carbocycles. The maximum atomic E-state index is 15.2. The van der Waals surface area contributed by atoms with E-state index >= 15 is 8.78 Å². The number of ether oxygens (including phenoxy) is 1. The van der Waals surface area contributed by atoms with E-state index < -0.39 is 55.5 Å². The van der Waals surface area contributed by atoms with Gasteiger partial charge in [-0.2, -0.15) is 65.5 Å². The third kappa shape index (κ3) is 5.46. The average molecular weight is 721 g/mol. The van der Waals surface area contributed by atoms with Crippen LogP contribution in [0.15, 0.2) is 87.5 Å². The van der Waals surface area contributed by atoms with Crippen LogP contribution < -0.4 is 4.74 Å². The zero-order chi connectivity index (χ0) is 35.4. The van der Waals surface area contributed by atoms with Crippen molar-refractivity contribution in [2.75, 3.05) is 7.11 Å². The molecule has 0 amide bonds. The lowest BCUT2D eigenvalue weighted by Gasteiger charge is -2.42. The molecule has 256 valence electrons. The molecule has 0 radical (unpaired) electrons. The van der Waals surface area contributed by atoms with Crippen LogP contribution in [0.2, 0.25) is 0 Å². The number of halogens is 13. The Bertz CT molecular complexity index is 1600. The van der Waals surface area contributed by atoms with Gasteiger partial charge >= 0.3 is 45.2 Å². The highest BCUT2D eigenvalue weighted by Crippen LogP contribution is 2.72. The van der Waals surface area contributed by atoms with Gasteiger partial charge in [0.05, 0.1) is 7.11 Å². The Balaban J connectivity index is 2.39. The molecule has 19 heteroatoms. The van der Waals surface area contributed by atoms with Gasteiger partial charge in [-0.25, -0.2) is 3.63 Å². The first-order chi connectivity index (χ1) is 20.8. The van der Waals surface area contributed by atoms with Crippen molar-refractivity contribution in [1.29, 1.82) is 0 Å².